The Hall–Kier alpha value is -2.00. The Labute approximate surface area is 125 Å². The minimum Gasteiger partial charge on any atom is -0.497 e. The van der Waals surface area contributed by atoms with Crippen molar-refractivity contribution in [1.29, 1.82) is 0 Å². The van der Waals surface area contributed by atoms with Crippen molar-refractivity contribution in [2.75, 3.05) is 7.11 Å². The van der Waals surface area contributed by atoms with Crippen LogP contribution in [-0.4, -0.2) is 13.2 Å². The van der Waals surface area contributed by atoms with Gasteiger partial charge in [-0.25, -0.2) is 0 Å². The summed E-state index contributed by atoms with van der Waals surface area (Å²) >= 11 is 0. The maximum atomic E-state index is 6.40. The Bertz CT molecular complexity index is 639. The highest BCUT2D eigenvalue weighted by molar-refractivity contribution is 5.40. The number of hydrogen-bond donors (Lipinski definition) is 1. The topological polar surface area (TPSA) is 44.5 Å². The third-order valence-electron chi connectivity index (χ3n) is 4.08. The number of hydrogen-bond acceptors (Lipinski definition) is 3. The van der Waals surface area contributed by atoms with E-state index in [0.717, 1.165) is 24.3 Å². The zero-order valence-electron chi connectivity index (χ0n) is 12.5. The van der Waals surface area contributed by atoms with Gasteiger partial charge in [-0.3, -0.25) is 0 Å². The third kappa shape index (κ3) is 2.88. The van der Waals surface area contributed by atoms with Gasteiger partial charge in [0.1, 0.15) is 17.6 Å². The van der Waals surface area contributed by atoms with Crippen molar-refractivity contribution in [3.63, 3.8) is 0 Å². The summed E-state index contributed by atoms with van der Waals surface area (Å²) < 4.78 is 11.4. The van der Waals surface area contributed by atoms with E-state index in [1.54, 1.807) is 7.11 Å². The molecule has 0 aliphatic heterocycles. The second-order valence-corrected chi connectivity index (χ2v) is 5.60. The molecule has 0 fully saturated rings. The Morgan fingerprint density at radius 2 is 1.95 bits per heavy atom. The van der Waals surface area contributed by atoms with E-state index in [4.69, 9.17) is 15.2 Å². The molecule has 110 valence electrons. The highest BCUT2D eigenvalue weighted by Crippen LogP contribution is 2.33. The van der Waals surface area contributed by atoms with Crippen molar-refractivity contribution in [3.8, 4) is 11.5 Å². The molecule has 2 N–H and O–H groups in total. The van der Waals surface area contributed by atoms with Crippen molar-refractivity contribution < 1.29 is 9.47 Å². The Morgan fingerprint density at radius 3 is 2.71 bits per heavy atom. The monoisotopic (exact) mass is 283 g/mol. The number of nitrogens with two attached hydrogens (primary N) is 1. The van der Waals surface area contributed by atoms with Gasteiger partial charge in [-0.2, -0.15) is 0 Å². The molecular weight excluding hydrogens is 262 g/mol. The van der Waals surface area contributed by atoms with Crippen molar-refractivity contribution in [3.05, 3.63) is 59.2 Å². The SMILES string of the molecule is COc1ccc2c(c1)CCC(Oc1cccc(C)c1)C2N. The summed E-state index contributed by atoms with van der Waals surface area (Å²) in [5, 5.41) is 0. The van der Waals surface area contributed by atoms with E-state index >= 15 is 0 Å². The summed E-state index contributed by atoms with van der Waals surface area (Å²) in [7, 11) is 1.69. The summed E-state index contributed by atoms with van der Waals surface area (Å²) in [6, 6.07) is 14.1. The highest BCUT2D eigenvalue weighted by Gasteiger charge is 2.28. The predicted octanol–water partition coefficient (Wildman–Crippen LogP) is 3.40. The fourth-order valence-electron chi connectivity index (χ4n) is 2.92. The molecule has 0 radical (unpaired) electrons. The highest BCUT2D eigenvalue weighted by atomic mass is 16.5. The molecule has 1 aliphatic rings. The van der Waals surface area contributed by atoms with Crippen molar-refractivity contribution >= 4 is 0 Å². The lowest BCUT2D eigenvalue weighted by Gasteiger charge is -2.31. The maximum Gasteiger partial charge on any atom is 0.120 e. The molecule has 0 aromatic heterocycles. The van der Waals surface area contributed by atoms with Crippen LogP contribution in [0.2, 0.25) is 0 Å². The minimum atomic E-state index is -0.0971. The van der Waals surface area contributed by atoms with Gasteiger partial charge in [0, 0.05) is 0 Å². The van der Waals surface area contributed by atoms with Gasteiger partial charge in [0.05, 0.1) is 13.2 Å². The molecule has 2 atom stereocenters. The lowest BCUT2D eigenvalue weighted by atomic mass is 9.86. The Morgan fingerprint density at radius 1 is 1.10 bits per heavy atom. The molecule has 0 amide bonds. The first-order valence-corrected chi connectivity index (χ1v) is 7.33. The number of fused-ring (bicyclic) bond motifs is 1. The maximum absolute atomic E-state index is 6.40. The van der Waals surface area contributed by atoms with Crippen LogP contribution in [0.3, 0.4) is 0 Å². The fraction of sp³-hybridized carbons (Fsp3) is 0.333. The zero-order valence-corrected chi connectivity index (χ0v) is 12.5. The van der Waals surface area contributed by atoms with Gasteiger partial charge < -0.3 is 15.2 Å². The molecule has 0 spiro atoms. The molecule has 2 aromatic rings. The van der Waals surface area contributed by atoms with Crippen LogP contribution in [0.15, 0.2) is 42.5 Å². The first-order chi connectivity index (χ1) is 10.2. The van der Waals surface area contributed by atoms with Gasteiger partial charge in [0.25, 0.3) is 0 Å². The van der Waals surface area contributed by atoms with Crippen molar-refractivity contribution in [2.24, 2.45) is 5.73 Å². The van der Waals surface area contributed by atoms with E-state index in [1.807, 2.05) is 18.2 Å². The van der Waals surface area contributed by atoms with Gasteiger partial charge in [0.15, 0.2) is 0 Å². The lowest BCUT2D eigenvalue weighted by Crippen LogP contribution is -2.35. The predicted molar refractivity (Wildman–Crippen MR) is 83.8 cm³/mol. The fourth-order valence-corrected chi connectivity index (χ4v) is 2.92. The van der Waals surface area contributed by atoms with E-state index in [-0.39, 0.29) is 12.1 Å². The second-order valence-electron chi connectivity index (χ2n) is 5.60. The van der Waals surface area contributed by atoms with Crippen LogP contribution in [-0.2, 0) is 6.42 Å². The van der Waals surface area contributed by atoms with Crippen LogP contribution in [0.4, 0.5) is 0 Å². The molecule has 2 aromatic carbocycles. The second kappa shape index (κ2) is 5.78. The normalized spacial score (nSPS) is 20.7. The first kappa shape index (κ1) is 14.0. The average Bonchev–Trinajstić information content (AvgIpc) is 2.50. The van der Waals surface area contributed by atoms with Gasteiger partial charge in [0.2, 0.25) is 0 Å². The van der Waals surface area contributed by atoms with Gasteiger partial charge in [-0.15, -0.1) is 0 Å². The largest absolute Gasteiger partial charge is 0.497 e. The number of ether oxygens (including phenoxy) is 2. The molecule has 21 heavy (non-hydrogen) atoms. The molecule has 3 heteroatoms. The smallest absolute Gasteiger partial charge is 0.120 e. The van der Waals surface area contributed by atoms with Crippen LogP contribution in [0, 0.1) is 6.92 Å². The quantitative estimate of drug-likeness (QED) is 0.939. The number of benzene rings is 2. The standard InChI is InChI=1S/C18H21NO2/c1-12-4-3-5-15(10-12)21-17-9-6-13-11-14(20-2)7-8-16(13)18(17)19/h3-5,7-8,10-11,17-18H,6,9,19H2,1-2H3. The third-order valence-corrected chi connectivity index (χ3v) is 4.08. The van der Waals surface area contributed by atoms with E-state index < -0.39 is 0 Å². The number of methoxy groups -OCH3 is 1. The van der Waals surface area contributed by atoms with Crippen LogP contribution < -0.4 is 15.2 Å². The van der Waals surface area contributed by atoms with Crippen molar-refractivity contribution in [2.45, 2.75) is 31.9 Å². The molecular formula is C18H21NO2. The Balaban J connectivity index is 1.80. The molecule has 3 nitrogen and oxygen atoms in total. The number of rotatable bonds is 3. The summed E-state index contributed by atoms with van der Waals surface area (Å²) in [5.74, 6) is 1.78. The van der Waals surface area contributed by atoms with Gasteiger partial charge in [-0.05, 0) is 60.7 Å². The van der Waals surface area contributed by atoms with Gasteiger partial charge >= 0.3 is 0 Å². The Kier molecular flexibility index (Phi) is 3.84. The average molecular weight is 283 g/mol. The molecule has 0 bridgehead atoms. The van der Waals surface area contributed by atoms with Gasteiger partial charge in [-0.1, -0.05) is 18.2 Å². The molecule has 3 rings (SSSR count). The van der Waals surface area contributed by atoms with E-state index in [1.165, 1.54) is 16.7 Å². The summed E-state index contributed by atoms with van der Waals surface area (Å²) in [6.45, 7) is 2.06. The number of aryl methyl sites for hydroxylation is 2. The van der Waals surface area contributed by atoms with Crippen LogP contribution in [0.1, 0.15) is 29.2 Å². The zero-order chi connectivity index (χ0) is 14.8. The lowest BCUT2D eigenvalue weighted by molar-refractivity contribution is 0.153. The van der Waals surface area contributed by atoms with E-state index in [0.29, 0.717) is 0 Å². The summed E-state index contributed by atoms with van der Waals surface area (Å²) in [6.07, 6.45) is 1.92. The minimum absolute atomic E-state index is 0.0210. The van der Waals surface area contributed by atoms with Crippen molar-refractivity contribution in [1.82, 2.24) is 0 Å². The molecule has 2 unspecified atom stereocenters. The molecule has 0 saturated carbocycles. The van der Waals surface area contributed by atoms with Crippen LogP contribution >= 0.6 is 0 Å². The summed E-state index contributed by atoms with van der Waals surface area (Å²) in [5.41, 5.74) is 10.0. The van der Waals surface area contributed by atoms with E-state index in [9.17, 15) is 0 Å². The van der Waals surface area contributed by atoms with Crippen LogP contribution in [0.25, 0.3) is 0 Å². The molecule has 0 heterocycles. The van der Waals surface area contributed by atoms with E-state index in [2.05, 4.69) is 31.2 Å². The molecule has 0 saturated heterocycles. The summed E-state index contributed by atoms with van der Waals surface area (Å²) in [4.78, 5) is 0. The molecule has 1 aliphatic carbocycles. The first-order valence-electron chi connectivity index (χ1n) is 7.33. The van der Waals surface area contributed by atoms with Crippen LogP contribution in [0.5, 0.6) is 11.5 Å².